The zero-order valence-electron chi connectivity index (χ0n) is 15.7. The van der Waals surface area contributed by atoms with Gasteiger partial charge in [0.05, 0.1) is 17.7 Å². The summed E-state index contributed by atoms with van der Waals surface area (Å²) in [6.07, 6.45) is 1.40. The highest BCUT2D eigenvalue weighted by molar-refractivity contribution is 7.89. The van der Waals surface area contributed by atoms with Crippen LogP contribution in [0.4, 0.5) is 0 Å². The van der Waals surface area contributed by atoms with Crippen molar-refractivity contribution in [3.8, 4) is 0 Å². The maximum absolute atomic E-state index is 13.3. The van der Waals surface area contributed by atoms with Crippen LogP contribution in [0, 0.1) is 0 Å². The Labute approximate surface area is 185 Å². The van der Waals surface area contributed by atoms with E-state index in [1.807, 2.05) is 0 Å². The first-order valence-electron chi connectivity index (χ1n) is 8.81. The lowest BCUT2D eigenvalue weighted by atomic mass is 10.2. The van der Waals surface area contributed by atoms with Crippen molar-refractivity contribution in [3.63, 3.8) is 0 Å². The quantitative estimate of drug-likeness (QED) is 0.302. The van der Waals surface area contributed by atoms with Crippen molar-refractivity contribution in [2.24, 2.45) is 10.8 Å². The Morgan fingerprint density at radius 3 is 2.47 bits per heavy atom. The molecule has 0 fully saturated rings. The first-order valence-corrected chi connectivity index (χ1v) is 11.0. The average molecular weight is 463 g/mol. The Bertz CT molecular complexity index is 1130. The number of sulfonamides is 1. The second kappa shape index (κ2) is 9.86. The minimum atomic E-state index is -3.77. The van der Waals surface area contributed by atoms with Gasteiger partial charge in [0.1, 0.15) is 11.5 Å². The molecule has 30 heavy (non-hydrogen) atoms. The van der Waals surface area contributed by atoms with E-state index in [9.17, 15) is 8.42 Å². The number of benzene rings is 2. The van der Waals surface area contributed by atoms with Crippen molar-refractivity contribution in [2.75, 3.05) is 0 Å². The molecule has 0 radical (unpaired) electrons. The second-order valence-corrected chi connectivity index (χ2v) is 9.07. The highest BCUT2D eigenvalue weighted by Crippen LogP contribution is 2.22. The van der Waals surface area contributed by atoms with E-state index in [0.29, 0.717) is 16.5 Å². The minimum absolute atomic E-state index is 0.0288. The number of hydrogen-bond donors (Lipinski definition) is 2. The van der Waals surface area contributed by atoms with Gasteiger partial charge in [-0.05, 0) is 54.2 Å². The number of furan rings is 1. The first kappa shape index (κ1) is 22.0. The van der Waals surface area contributed by atoms with Crippen LogP contribution in [-0.2, 0) is 23.1 Å². The highest BCUT2D eigenvalue weighted by atomic mass is 35.5. The van der Waals surface area contributed by atoms with Crippen LogP contribution in [0.25, 0.3) is 0 Å². The van der Waals surface area contributed by atoms with Crippen molar-refractivity contribution in [1.29, 1.82) is 0 Å². The molecule has 2 aromatic carbocycles. The van der Waals surface area contributed by atoms with E-state index in [1.165, 1.54) is 10.5 Å². The normalized spacial score (nSPS) is 11.8. The molecule has 0 saturated carbocycles. The Balaban J connectivity index is 1.86. The van der Waals surface area contributed by atoms with E-state index in [-0.39, 0.29) is 23.1 Å². The van der Waals surface area contributed by atoms with Gasteiger partial charge in [-0.15, -0.1) is 0 Å². The van der Waals surface area contributed by atoms with Gasteiger partial charge in [-0.1, -0.05) is 41.9 Å². The van der Waals surface area contributed by atoms with Gasteiger partial charge in [-0.3, -0.25) is 5.43 Å². The Hall–Kier alpha value is -2.72. The van der Waals surface area contributed by atoms with Crippen LogP contribution in [0.3, 0.4) is 0 Å². The molecule has 10 heteroatoms. The van der Waals surface area contributed by atoms with Gasteiger partial charge >= 0.3 is 0 Å². The molecule has 0 spiro atoms. The van der Waals surface area contributed by atoms with E-state index in [2.05, 4.69) is 22.7 Å². The first-order chi connectivity index (χ1) is 14.3. The molecule has 0 bridgehead atoms. The topological polar surface area (TPSA) is 101 Å². The molecule has 1 heterocycles. The third kappa shape index (κ3) is 5.90. The molecule has 0 aliphatic carbocycles. The maximum Gasteiger partial charge on any atom is 0.243 e. The van der Waals surface area contributed by atoms with Crippen LogP contribution in [0.5, 0.6) is 0 Å². The van der Waals surface area contributed by atoms with Gasteiger partial charge in [0, 0.05) is 11.6 Å². The van der Waals surface area contributed by atoms with Crippen LogP contribution < -0.4 is 11.2 Å². The number of halogens is 1. The maximum atomic E-state index is 13.3. The smallest absolute Gasteiger partial charge is 0.243 e. The van der Waals surface area contributed by atoms with E-state index < -0.39 is 10.0 Å². The molecular formula is C20H19ClN4O3S2. The predicted molar refractivity (Wildman–Crippen MR) is 121 cm³/mol. The summed E-state index contributed by atoms with van der Waals surface area (Å²) in [5.74, 6) is 0.887. The van der Waals surface area contributed by atoms with Gasteiger partial charge < -0.3 is 10.2 Å². The summed E-state index contributed by atoms with van der Waals surface area (Å²) in [6, 6.07) is 18.6. The van der Waals surface area contributed by atoms with Crippen LogP contribution in [0.15, 0.2) is 81.1 Å². The van der Waals surface area contributed by atoms with E-state index in [4.69, 9.17) is 21.8 Å². The average Bonchev–Trinajstić information content (AvgIpc) is 3.17. The lowest BCUT2D eigenvalue weighted by molar-refractivity contribution is 0.357. The molecule has 156 valence electrons. The molecule has 7 nitrogen and oxygen atoms in total. The molecule has 3 aromatic rings. The molecule has 0 unspecified atom stereocenters. The summed E-state index contributed by atoms with van der Waals surface area (Å²) in [4.78, 5) is 0.202. The van der Waals surface area contributed by atoms with Crippen LogP contribution >= 0.6 is 23.8 Å². The Kier molecular flexibility index (Phi) is 7.22. The van der Waals surface area contributed by atoms with Gasteiger partial charge in [-0.2, -0.15) is 9.41 Å². The molecular weight excluding hydrogens is 444 g/mol. The van der Waals surface area contributed by atoms with Crippen LogP contribution in [-0.4, -0.2) is 24.1 Å². The number of nitrogens with one attached hydrogen (secondary N) is 1. The van der Waals surface area contributed by atoms with Crippen LogP contribution in [0.1, 0.15) is 17.1 Å². The highest BCUT2D eigenvalue weighted by Gasteiger charge is 2.26. The molecule has 0 aliphatic heterocycles. The number of nitrogens with two attached hydrogens (primary N) is 1. The number of nitrogens with zero attached hydrogens (tertiary/aromatic N) is 2. The summed E-state index contributed by atoms with van der Waals surface area (Å²) >= 11 is 10.6. The molecule has 0 amide bonds. The molecule has 0 atom stereocenters. The van der Waals surface area contributed by atoms with Crippen molar-refractivity contribution < 1.29 is 12.8 Å². The molecule has 0 saturated heterocycles. The van der Waals surface area contributed by atoms with Gasteiger partial charge in [0.25, 0.3) is 0 Å². The van der Waals surface area contributed by atoms with Gasteiger partial charge in [0.2, 0.25) is 10.0 Å². The Morgan fingerprint density at radius 2 is 1.80 bits per heavy atom. The van der Waals surface area contributed by atoms with Crippen molar-refractivity contribution in [1.82, 2.24) is 9.73 Å². The van der Waals surface area contributed by atoms with Crippen molar-refractivity contribution in [2.45, 2.75) is 18.0 Å². The summed E-state index contributed by atoms with van der Waals surface area (Å²) in [7, 11) is -3.77. The van der Waals surface area contributed by atoms with Crippen LogP contribution in [0.2, 0.25) is 5.02 Å². The summed E-state index contributed by atoms with van der Waals surface area (Å²) in [5.41, 5.74) is 8.54. The summed E-state index contributed by atoms with van der Waals surface area (Å²) < 4.78 is 33.5. The van der Waals surface area contributed by atoms with E-state index in [1.54, 1.807) is 66.7 Å². The van der Waals surface area contributed by atoms with E-state index in [0.717, 1.165) is 5.56 Å². The SMILES string of the molecule is NC(=S)N/N=C/c1ccc(CN(Cc2ccc(Cl)cc2)S(=O)(=O)c2ccccc2)o1. The lowest BCUT2D eigenvalue weighted by Gasteiger charge is -2.21. The standard InChI is InChI=1S/C20H19ClN4O3S2/c21-16-8-6-15(7-9-16)13-25(30(26,27)19-4-2-1-3-5-19)14-18-11-10-17(28-18)12-23-24-20(22)29/h1-12H,13-14H2,(H3,22,24,29)/b23-12+. The van der Waals surface area contributed by atoms with Gasteiger partial charge in [0.15, 0.2) is 5.11 Å². The van der Waals surface area contributed by atoms with Gasteiger partial charge in [-0.25, -0.2) is 8.42 Å². The van der Waals surface area contributed by atoms with E-state index >= 15 is 0 Å². The number of rotatable bonds is 8. The molecule has 1 aromatic heterocycles. The second-order valence-electron chi connectivity index (χ2n) is 6.25. The summed E-state index contributed by atoms with van der Waals surface area (Å²) in [6.45, 7) is 0.192. The van der Waals surface area contributed by atoms with Crippen molar-refractivity contribution >= 4 is 45.2 Å². The Morgan fingerprint density at radius 1 is 1.10 bits per heavy atom. The predicted octanol–water partition coefficient (Wildman–Crippen LogP) is 3.49. The largest absolute Gasteiger partial charge is 0.459 e. The molecule has 3 rings (SSSR count). The number of thiocarbonyl (C=S) groups is 1. The fraction of sp³-hybridized carbons (Fsp3) is 0.100. The third-order valence-electron chi connectivity index (χ3n) is 4.03. The zero-order valence-corrected chi connectivity index (χ0v) is 18.1. The molecule has 0 aliphatic rings. The minimum Gasteiger partial charge on any atom is -0.459 e. The third-order valence-corrected chi connectivity index (χ3v) is 6.18. The number of hydrogen-bond acceptors (Lipinski definition) is 5. The van der Waals surface area contributed by atoms with Crippen molar-refractivity contribution in [3.05, 3.63) is 88.8 Å². The summed E-state index contributed by atoms with van der Waals surface area (Å²) in [5, 5.41) is 4.44. The monoisotopic (exact) mass is 462 g/mol. The molecule has 3 N–H and O–H groups in total. The zero-order chi connectivity index (χ0) is 21.6. The lowest BCUT2D eigenvalue weighted by Crippen LogP contribution is -2.30. The fourth-order valence-electron chi connectivity index (χ4n) is 2.64. The number of hydrazone groups is 1. The fourth-order valence-corrected chi connectivity index (χ4v) is 4.24.